The summed E-state index contributed by atoms with van der Waals surface area (Å²) in [4.78, 5) is 14.9. The minimum absolute atomic E-state index is 0.0586. The van der Waals surface area contributed by atoms with Crippen LogP contribution in [0.3, 0.4) is 0 Å². The summed E-state index contributed by atoms with van der Waals surface area (Å²) in [5.41, 5.74) is 1.49. The number of benzene rings is 1. The van der Waals surface area contributed by atoms with Crippen molar-refractivity contribution >= 4 is 16.8 Å². The van der Waals surface area contributed by atoms with E-state index < -0.39 is 6.10 Å². The van der Waals surface area contributed by atoms with Crippen molar-refractivity contribution in [2.75, 3.05) is 6.54 Å². The fourth-order valence-corrected chi connectivity index (χ4v) is 2.32. The topological polar surface area (TPSA) is 78.3 Å². The van der Waals surface area contributed by atoms with E-state index in [1.807, 2.05) is 0 Å². The summed E-state index contributed by atoms with van der Waals surface area (Å²) in [6.07, 6.45) is 2.36. The third kappa shape index (κ3) is 3.01. The summed E-state index contributed by atoms with van der Waals surface area (Å²) < 4.78 is 18.3. The van der Waals surface area contributed by atoms with Crippen molar-refractivity contribution in [2.24, 2.45) is 0 Å². The minimum atomic E-state index is -0.889. The molecule has 1 unspecified atom stereocenters. The number of amides is 1. The zero-order chi connectivity index (χ0) is 15.5. The van der Waals surface area contributed by atoms with Crippen LogP contribution in [0.5, 0.6) is 0 Å². The molecule has 0 spiro atoms. The molecule has 2 heterocycles. The molecule has 0 saturated heterocycles. The van der Waals surface area contributed by atoms with Crippen molar-refractivity contribution in [1.82, 2.24) is 10.3 Å². The van der Waals surface area contributed by atoms with Crippen LogP contribution in [-0.4, -0.2) is 22.5 Å². The second kappa shape index (κ2) is 6.03. The Morgan fingerprint density at radius 2 is 2.27 bits per heavy atom. The fourth-order valence-electron chi connectivity index (χ4n) is 2.32. The van der Waals surface area contributed by atoms with Crippen molar-refractivity contribution < 1.29 is 18.7 Å². The van der Waals surface area contributed by atoms with Gasteiger partial charge in [-0.3, -0.25) is 4.79 Å². The number of carbonyl (C=O) groups excluding carboxylic acids is 1. The van der Waals surface area contributed by atoms with Crippen molar-refractivity contribution in [1.29, 1.82) is 0 Å². The first-order valence-electron chi connectivity index (χ1n) is 6.87. The number of aliphatic hydroxyl groups excluding tert-OH is 1. The maximum atomic E-state index is 13.3. The van der Waals surface area contributed by atoms with E-state index in [4.69, 9.17) is 4.42 Å². The Morgan fingerprint density at radius 3 is 3.05 bits per heavy atom. The van der Waals surface area contributed by atoms with E-state index in [1.165, 1.54) is 18.4 Å². The number of aromatic amines is 1. The third-order valence-electron chi connectivity index (χ3n) is 3.44. The van der Waals surface area contributed by atoms with Gasteiger partial charge in [-0.1, -0.05) is 0 Å². The molecule has 5 nitrogen and oxygen atoms in total. The van der Waals surface area contributed by atoms with Gasteiger partial charge in [-0.15, -0.1) is 0 Å². The minimum Gasteiger partial charge on any atom is -0.467 e. The van der Waals surface area contributed by atoms with Crippen molar-refractivity contribution in [3.8, 4) is 0 Å². The average molecular weight is 302 g/mol. The smallest absolute Gasteiger partial charge is 0.224 e. The summed E-state index contributed by atoms with van der Waals surface area (Å²) in [6.45, 7) is 0.0586. The van der Waals surface area contributed by atoms with Crippen LogP contribution in [0.4, 0.5) is 4.39 Å². The van der Waals surface area contributed by atoms with Gasteiger partial charge in [-0.25, -0.2) is 4.39 Å². The molecule has 6 heteroatoms. The van der Waals surface area contributed by atoms with Gasteiger partial charge in [0.05, 0.1) is 19.2 Å². The van der Waals surface area contributed by atoms with Gasteiger partial charge in [0.1, 0.15) is 17.7 Å². The van der Waals surface area contributed by atoms with Gasteiger partial charge in [0, 0.05) is 17.1 Å². The molecule has 3 aromatic rings. The molecular formula is C16H15FN2O3. The first kappa shape index (κ1) is 14.3. The lowest BCUT2D eigenvalue weighted by atomic mass is 10.1. The van der Waals surface area contributed by atoms with Crippen molar-refractivity contribution in [3.63, 3.8) is 0 Å². The zero-order valence-electron chi connectivity index (χ0n) is 11.7. The number of rotatable bonds is 5. The van der Waals surface area contributed by atoms with E-state index in [1.54, 1.807) is 24.4 Å². The molecule has 0 aliphatic carbocycles. The normalized spacial score (nSPS) is 12.5. The molecule has 3 N–H and O–H groups in total. The van der Waals surface area contributed by atoms with E-state index in [0.29, 0.717) is 16.7 Å². The molecule has 3 rings (SSSR count). The first-order chi connectivity index (χ1) is 10.6. The molecule has 0 aliphatic rings. The van der Waals surface area contributed by atoms with Gasteiger partial charge in [-0.2, -0.15) is 0 Å². The highest BCUT2D eigenvalue weighted by Crippen LogP contribution is 2.20. The van der Waals surface area contributed by atoms with E-state index in [0.717, 1.165) is 5.52 Å². The molecule has 2 aromatic heterocycles. The highest BCUT2D eigenvalue weighted by atomic mass is 19.1. The summed E-state index contributed by atoms with van der Waals surface area (Å²) in [6, 6.07) is 7.70. The Balaban J connectivity index is 1.62. The largest absolute Gasteiger partial charge is 0.467 e. The van der Waals surface area contributed by atoms with Crippen LogP contribution in [0, 0.1) is 5.82 Å². The standard InChI is InChI=1S/C16H15FN2O3/c17-11-3-4-13-12(7-11)10(8-18-13)6-16(21)19-9-14(20)15-2-1-5-22-15/h1-5,7-8,14,18,20H,6,9H2,(H,19,21). The summed E-state index contributed by atoms with van der Waals surface area (Å²) >= 11 is 0. The summed E-state index contributed by atoms with van der Waals surface area (Å²) in [5, 5.41) is 13.1. The number of aliphatic hydroxyl groups is 1. The van der Waals surface area contributed by atoms with Crippen LogP contribution in [0.25, 0.3) is 10.9 Å². The number of halogens is 1. The Hall–Kier alpha value is -2.60. The number of hydrogen-bond donors (Lipinski definition) is 3. The molecule has 1 atom stereocenters. The fraction of sp³-hybridized carbons (Fsp3) is 0.188. The number of aromatic nitrogens is 1. The quantitative estimate of drug-likeness (QED) is 0.676. The molecule has 114 valence electrons. The summed E-state index contributed by atoms with van der Waals surface area (Å²) in [7, 11) is 0. The van der Waals surface area contributed by atoms with Gasteiger partial charge in [0.2, 0.25) is 5.91 Å². The molecule has 22 heavy (non-hydrogen) atoms. The third-order valence-corrected chi connectivity index (χ3v) is 3.44. The van der Waals surface area contributed by atoms with E-state index in [9.17, 15) is 14.3 Å². The van der Waals surface area contributed by atoms with Crippen LogP contribution >= 0.6 is 0 Å². The number of hydrogen-bond acceptors (Lipinski definition) is 3. The number of fused-ring (bicyclic) bond motifs is 1. The number of furan rings is 1. The molecule has 0 aliphatic heterocycles. The Morgan fingerprint density at radius 1 is 1.41 bits per heavy atom. The van der Waals surface area contributed by atoms with E-state index >= 15 is 0 Å². The molecule has 0 bridgehead atoms. The molecule has 0 radical (unpaired) electrons. The SMILES string of the molecule is O=C(Cc1c[nH]c2ccc(F)cc12)NCC(O)c1ccco1. The molecule has 1 aromatic carbocycles. The average Bonchev–Trinajstić information content (AvgIpc) is 3.15. The second-order valence-electron chi connectivity index (χ2n) is 5.02. The summed E-state index contributed by atoms with van der Waals surface area (Å²) in [5.74, 6) is -0.202. The highest BCUT2D eigenvalue weighted by molar-refractivity contribution is 5.88. The maximum Gasteiger partial charge on any atom is 0.224 e. The van der Waals surface area contributed by atoms with Crippen LogP contribution in [0.1, 0.15) is 17.4 Å². The van der Waals surface area contributed by atoms with Crippen LogP contribution in [-0.2, 0) is 11.2 Å². The Labute approximate surface area is 125 Å². The lowest BCUT2D eigenvalue weighted by Gasteiger charge is -2.09. The number of H-pyrrole nitrogens is 1. The van der Waals surface area contributed by atoms with Gasteiger partial charge < -0.3 is 19.8 Å². The van der Waals surface area contributed by atoms with Crippen LogP contribution in [0.15, 0.2) is 47.2 Å². The monoisotopic (exact) mass is 302 g/mol. The first-order valence-corrected chi connectivity index (χ1v) is 6.87. The van der Waals surface area contributed by atoms with Gasteiger partial charge in [0.15, 0.2) is 0 Å². The predicted octanol–water partition coefficient (Wildman–Crippen LogP) is 2.29. The van der Waals surface area contributed by atoms with E-state index in [2.05, 4.69) is 10.3 Å². The number of carbonyl (C=O) groups is 1. The molecular weight excluding hydrogens is 287 g/mol. The molecule has 1 amide bonds. The highest BCUT2D eigenvalue weighted by Gasteiger charge is 2.13. The number of nitrogens with one attached hydrogen (secondary N) is 2. The Kier molecular flexibility index (Phi) is 3.93. The second-order valence-corrected chi connectivity index (χ2v) is 5.02. The van der Waals surface area contributed by atoms with Gasteiger partial charge in [-0.05, 0) is 35.9 Å². The molecule has 0 saturated carbocycles. The maximum absolute atomic E-state index is 13.3. The van der Waals surface area contributed by atoms with E-state index in [-0.39, 0.29) is 24.7 Å². The lowest BCUT2D eigenvalue weighted by Crippen LogP contribution is -2.29. The predicted molar refractivity (Wildman–Crippen MR) is 78.6 cm³/mol. The van der Waals surface area contributed by atoms with Crippen molar-refractivity contribution in [2.45, 2.75) is 12.5 Å². The Bertz CT molecular complexity index is 780. The van der Waals surface area contributed by atoms with Crippen LogP contribution in [0.2, 0.25) is 0 Å². The van der Waals surface area contributed by atoms with Crippen LogP contribution < -0.4 is 5.32 Å². The lowest BCUT2D eigenvalue weighted by molar-refractivity contribution is -0.120. The van der Waals surface area contributed by atoms with Gasteiger partial charge in [0.25, 0.3) is 0 Å². The zero-order valence-corrected chi connectivity index (χ0v) is 11.7. The molecule has 0 fully saturated rings. The van der Waals surface area contributed by atoms with Gasteiger partial charge >= 0.3 is 0 Å². The van der Waals surface area contributed by atoms with Crippen molar-refractivity contribution in [3.05, 3.63) is 59.9 Å².